The maximum absolute atomic E-state index is 13.8. The summed E-state index contributed by atoms with van der Waals surface area (Å²) in [6.07, 6.45) is -0.175. The van der Waals surface area contributed by atoms with E-state index in [1.54, 1.807) is 6.07 Å². The lowest BCUT2D eigenvalue weighted by molar-refractivity contribution is -0.390. The second-order valence-electron chi connectivity index (χ2n) is 4.38. The van der Waals surface area contributed by atoms with Gasteiger partial charge in [-0.15, -0.1) is 0 Å². The molecule has 0 amide bonds. The molecule has 1 atom stereocenters. The first-order valence-corrected chi connectivity index (χ1v) is 6.19. The van der Waals surface area contributed by atoms with Crippen LogP contribution in [-0.2, 0) is 4.79 Å². The van der Waals surface area contributed by atoms with Gasteiger partial charge in [-0.1, -0.05) is 18.2 Å². The molecule has 1 unspecified atom stereocenters. The lowest BCUT2D eigenvalue weighted by Gasteiger charge is -2.11. The molecule has 22 heavy (non-hydrogen) atoms. The molecule has 1 N–H and O–H groups in total. The minimum absolute atomic E-state index is 0.178. The van der Waals surface area contributed by atoms with Crippen molar-refractivity contribution in [1.82, 2.24) is 4.98 Å². The third kappa shape index (κ3) is 3.17. The smallest absolute Gasteiger partial charge is 0.406 e. The molecule has 0 aliphatic heterocycles. The van der Waals surface area contributed by atoms with Gasteiger partial charge < -0.3 is 20.0 Å². The Morgan fingerprint density at radius 2 is 2.14 bits per heavy atom. The van der Waals surface area contributed by atoms with Gasteiger partial charge in [0, 0.05) is 17.2 Å². The summed E-state index contributed by atoms with van der Waals surface area (Å²) >= 11 is 0. The first-order valence-electron chi connectivity index (χ1n) is 6.19. The summed E-state index contributed by atoms with van der Waals surface area (Å²) in [5.41, 5.74) is 0.425. The molecule has 114 valence electrons. The number of aliphatic carboxylic acids is 1. The summed E-state index contributed by atoms with van der Waals surface area (Å²) in [4.78, 5) is 24.6. The summed E-state index contributed by atoms with van der Waals surface area (Å²) in [7, 11) is 0. The zero-order valence-corrected chi connectivity index (χ0v) is 11.4. The van der Waals surface area contributed by atoms with Crippen LogP contribution in [0.25, 0.3) is 11.1 Å². The van der Waals surface area contributed by atoms with Crippen LogP contribution in [0.15, 0.2) is 36.5 Å². The number of nitro groups is 1. The number of hydrogen-bond acceptors (Lipinski definition) is 5. The fraction of sp³-hybridized carbons (Fsp3) is 0.143. The summed E-state index contributed by atoms with van der Waals surface area (Å²) in [6.45, 7) is 1.22. The molecule has 0 fully saturated rings. The van der Waals surface area contributed by atoms with Crippen molar-refractivity contribution in [2.45, 2.75) is 13.0 Å². The molecule has 2 rings (SSSR count). The lowest BCUT2D eigenvalue weighted by Crippen LogP contribution is -2.23. The van der Waals surface area contributed by atoms with Crippen LogP contribution in [0.5, 0.6) is 5.75 Å². The molecule has 0 saturated carbocycles. The summed E-state index contributed by atoms with van der Waals surface area (Å²) in [6, 6.07) is 7.00. The van der Waals surface area contributed by atoms with Crippen LogP contribution in [0.1, 0.15) is 6.92 Å². The number of pyridine rings is 1. The van der Waals surface area contributed by atoms with E-state index < -0.39 is 28.6 Å². The number of carboxylic acids is 1. The highest BCUT2D eigenvalue weighted by Gasteiger charge is 2.23. The average Bonchev–Trinajstić information content (AvgIpc) is 2.47. The molecular formula is C14H11FN2O5. The molecule has 0 aliphatic carbocycles. The van der Waals surface area contributed by atoms with Crippen LogP contribution in [0.2, 0.25) is 0 Å². The maximum Gasteiger partial charge on any atom is 0.406 e. The molecule has 2 aromatic rings. The third-order valence-corrected chi connectivity index (χ3v) is 2.84. The number of hydrogen-bond donors (Lipinski definition) is 1. The maximum atomic E-state index is 13.8. The van der Waals surface area contributed by atoms with Crippen LogP contribution in [0, 0.1) is 15.9 Å². The number of ether oxygens (including phenoxy) is 1. The largest absolute Gasteiger partial charge is 0.479 e. The van der Waals surface area contributed by atoms with Crippen LogP contribution in [0.3, 0.4) is 0 Å². The minimum atomic E-state index is -1.31. The average molecular weight is 306 g/mol. The van der Waals surface area contributed by atoms with Gasteiger partial charge in [0.15, 0.2) is 6.10 Å². The molecule has 0 saturated heterocycles. The summed E-state index contributed by atoms with van der Waals surface area (Å²) in [5.74, 6) is -2.78. The molecule has 0 bridgehead atoms. The van der Waals surface area contributed by atoms with Crippen molar-refractivity contribution in [2.24, 2.45) is 0 Å². The quantitative estimate of drug-likeness (QED) is 0.673. The van der Waals surface area contributed by atoms with Gasteiger partial charge in [0.2, 0.25) is 5.75 Å². The van der Waals surface area contributed by atoms with E-state index in [-0.39, 0.29) is 16.9 Å². The van der Waals surface area contributed by atoms with Gasteiger partial charge in [-0.05, 0) is 22.9 Å². The van der Waals surface area contributed by atoms with E-state index in [4.69, 9.17) is 9.84 Å². The Hall–Kier alpha value is -3.03. The molecule has 8 heteroatoms. The fourth-order valence-electron chi connectivity index (χ4n) is 1.74. The van der Waals surface area contributed by atoms with Gasteiger partial charge in [-0.25, -0.2) is 9.18 Å². The van der Waals surface area contributed by atoms with Crippen LogP contribution < -0.4 is 4.74 Å². The van der Waals surface area contributed by atoms with E-state index in [2.05, 4.69) is 4.98 Å². The number of carboxylic acid groups (broad SMARTS) is 1. The van der Waals surface area contributed by atoms with E-state index in [0.717, 1.165) is 6.20 Å². The molecule has 7 nitrogen and oxygen atoms in total. The van der Waals surface area contributed by atoms with Crippen molar-refractivity contribution in [1.29, 1.82) is 0 Å². The van der Waals surface area contributed by atoms with E-state index in [0.29, 0.717) is 0 Å². The second-order valence-corrected chi connectivity index (χ2v) is 4.38. The highest BCUT2D eigenvalue weighted by atomic mass is 19.1. The van der Waals surface area contributed by atoms with Crippen molar-refractivity contribution >= 4 is 11.8 Å². The van der Waals surface area contributed by atoms with Gasteiger partial charge in [0.25, 0.3) is 0 Å². The van der Waals surface area contributed by atoms with Gasteiger partial charge in [0.05, 0.1) is 0 Å². The van der Waals surface area contributed by atoms with Crippen LogP contribution >= 0.6 is 0 Å². The van der Waals surface area contributed by atoms with Crippen LogP contribution in [-0.4, -0.2) is 27.1 Å². The number of rotatable bonds is 5. The van der Waals surface area contributed by atoms with Crippen molar-refractivity contribution < 1.29 is 24.0 Å². The van der Waals surface area contributed by atoms with Crippen molar-refractivity contribution in [2.75, 3.05) is 0 Å². The number of benzene rings is 1. The van der Waals surface area contributed by atoms with Crippen molar-refractivity contribution in [3.05, 3.63) is 52.5 Å². The fourth-order valence-corrected chi connectivity index (χ4v) is 1.74. The molecule has 1 aromatic carbocycles. The van der Waals surface area contributed by atoms with Crippen LogP contribution in [0.4, 0.5) is 10.2 Å². The Morgan fingerprint density at radius 3 is 2.73 bits per heavy atom. The van der Waals surface area contributed by atoms with E-state index >= 15 is 0 Å². The Balaban J connectivity index is 2.50. The van der Waals surface area contributed by atoms with Crippen molar-refractivity contribution in [3.63, 3.8) is 0 Å². The zero-order chi connectivity index (χ0) is 16.3. The molecule has 1 heterocycles. The first-order chi connectivity index (χ1) is 10.4. The number of halogens is 1. The Bertz CT molecular complexity index is 735. The van der Waals surface area contributed by atoms with Gasteiger partial charge in [-0.3, -0.25) is 0 Å². The SMILES string of the molecule is CC(Oc1cc(-c2ccccc2F)cnc1[N+](=O)[O-])C(=O)O. The minimum Gasteiger partial charge on any atom is -0.479 e. The number of aromatic nitrogens is 1. The third-order valence-electron chi connectivity index (χ3n) is 2.84. The molecule has 1 aromatic heterocycles. The summed E-state index contributed by atoms with van der Waals surface area (Å²) < 4.78 is 18.8. The molecule has 0 spiro atoms. The van der Waals surface area contributed by atoms with E-state index in [1.807, 2.05) is 0 Å². The number of carbonyl (C=O) groups is 1. The van der Waals surface area contributed by atoms with Gasteiger partial charge >= 0.3 is 11.8 Å². The van der Waals surface area contributed by atoms with E-state index in [1.165, 1.54) is 31.2 Å². The molecular weight excluding hydrogens is 295 g/mol. The van der Waals surface area contributed by atoms with E-state index in [9.17, 15) is 19.3 Å². The topological polar surface area (TPSA) is 103 Å². The van der Waals surface area contributed by atoms with Gasteiger partial charge in [0.1, 0.15) is 12.0 Å². The first kappa shape index (κ1) is 15.4. The number of nitrogens with zero attached hydrogens (tertiary/aromatic N) is 2. The Morgan fingerprint density at radius 1 is 1.45 bits per heavy atom. The predicted molar refractivity (Wildman–Crippen MR) is 74.0 cm³/mol. The lowest BCUT2D eigenvalue weighted by atomic mass is 10.1. The predicted octanol–water partition coefficient (Wildman–Crippen LogP) is 2.65. The highest BCUT2D eigenvalue weighted by molar-refractivity contribution is 5.73. The monoisotopic (exact) mass is 306 g/mol. The highest BCUT2D eigenvalue weighted by Crippen LogP contribution is 2.31. The molecule has 0 aliphatic rings. The van der Waals surface area contributed by atoms with Gasteiger partial charge in [-0.2, -0.15) is 0 Å². The zero-order valence-electron chi connectivity index (χ0n) is 11.4. The molecule has 0 radical (unpaired) electrons. The second kappa shape index (κ2) is 6.17. The summed E-state index contributed by atoms with van der Waals surface area (Å²) in [5, 5.41) is 19.8. The Labute approximate surface area is 124 Å². The van der Waals surface area contributed by atoms with Crippen molar-refractivity contribution in [3.8, 4) is 16.9 Å². The Kier molecular flexibility index (Phi) is 4.31. The standard InChI is InChI=1S/C14H11FN2O5/c1-8(14(18)19)22-12-6-9(7-16-13(12)17(20)21)10-4-2-3-5-11(10)15/h2-8H,1H3,(H,18,19). The normalized spacial score (nSPS) is 11.7.